The van der Waals surface area contributed by atoms with Gasteiger partial charge in [0.15, 0.2) is 11.5 Å². The van der Waals surface area contributed by atoms with Crippen molar-refractivity contribution < 1.29 is 19.0 Å². The minimum Gasteiger partial charge on any atom is -0.493 e. The van der Waals surface area contributed by atoms with E-state index < -0.39 is 6.03 Å². The van der Waals surface area contributed by atoms with E-state index in [-0.39, 0.29) is 0 Å². The van der Waals surface area contributed by atoms with Crippen molar-refractivity contribution in [3.8, 4) is 17.2 Å². The zero-order valence-corrected chi connectivity index (χ0v) is 18.5. The van der Waals surface area contributed by atoms with Crippen LogP contribution in [0, 0.1) is 0 Å². The van der Waals surface area contributed by atoms with Crippen molar-refractivity contribution in [3.05, 3.63) is 96.6 Å². The van der Waals surface area contributed by atoms with Gasteiger partial charge < -0.3 is 19.5 Å². The Morgan fingerprint density at radius 3 is 2.42 bits per heavy atom. The summed E-state index contributed by atoms with van der Waals surface area (Å²) in [5, 5.41) is 6.65. The highest BCUT2D eigenvalue weighted by Gasteiger charge is 2.07. The van der Waals surface area contributed by atoms with Crippen molar-refractivity contribution >= 4 is 17.9 Å². The smallest absolute Gasteiger partial charge is 0.339 e. The van der Waals surface area contributed by atoms with E-state index in [9.17, 15) is 4.79 Å². The third-order valence-corrected chi connectivity index (χ3v) is 4.53. The van der Waals surface area contributed by atoms with Crippen LogP contribution in [0.2, 0.25) is 0 Å². The molecule has 7 heteroatoms. The summed E-state index contributed by atoms with van der Waals surface area (Å²) in [7, 11) is 1.57. The highest BCUT2D eigenvalue weighted by atomic mass is 16.5. The molecule has 2 N–H and O–H groups in total. The van der Waals surface area contributed by atoms with Crippen molar-refractivity contribution in [2.75, 3.05) is 25.6 Å². The number of hydrazone groups is 1. The molecule has 0 saturated heterocycles. The van der Waals surface area contributed by atoms with Gasteiger partial charge in [-0.2, -0.15) is 5.10 Å². The summed E-state index contributed by atoms with van der Waals surface area (Å²) >= 11 is 0. The molecule has 0 heterocycles. The first-order chi connectivity index (χ1) is 16.2. The fraction of sp³-hybridized carbons (Fsp3) is 0.154. The van der Waals surface area contributed by atoms with Crippen LogP contribution in [0.1, 0.15) is 11.1 Å². The molecule has 0 radical (unpaired) electrons. The molecule has 0 aliphatic heterocycles. The van der Waals surface area contributed by atoms with Crippen LogP contribution >= 0.6 is 0 Å². The van der Waals surface area contributed by atoms with E-state index in [4.69, 9.17) is 14.2 Å². The van der Waals surface area contributed by atoms with Gasteiger partial charge in [-0.1, -0.05) is 42.5 Å². The molecule has 0 aliphatic rings. The molecule has 33 heavy (non-hydrogen) atoms. The topological polar surface area (TPSA) is 81.2 Å². The van der Waals surface area contributed by atoms with Crippen LogP contribution in [-0.2, 0) is 6.42 Å². The molecule has 0 saturated carbocycles. The van der Waals surface area contributed by atoms with Crippen molar-refractivity contribution in [3.63, 3.8) is 0 Å². The molecule has 0 atom stereocenters. The van der Waals surface area contributed by atoms with E-state index in [1.54, 1.807) is 31.4 Å². The number of para-hydroxylation sites is 2. The first-order valence-electron chi connectivity index (χ1n) is 10.5. The first kappa shape index (κ1) is 23.4. The Kier molecular flexibility index (Phi) is 8.91. The highest BCUT2D eigenvalue weighted by molar-refractivity contribution is 5.90. The number of rotatable bonds is 11. The van der Waals surface area contributed by atoms with Gasteiger partial charge in [-0.25, -0.2) is 10.2 Å². The zero-order valence-electron chi connectivity index (χ0n) is 18.5. The second-order valence-electron chi connectivity index (χ2n) is 6.90. The van der Waals surface area contributed by atoms with Crippen LogP contribution in [0.5, 0.6) is 17.2 Å². The summed E-state index contributed by atoms with van der Waals surface area (Å²) in [4.78, 5) is 11.9. The molecular formula is C26H27N3O4. The second-order valence-corrected chi connectivity index (χ2v) is 6.90. The van der Waals surface area contributed by atoms with Gasteiger partial charge in [0.05, 0.1) is 13.3 Å². The standard InChI is InChI=1S/C26H27N3O4/c1-3-9-21-10-7-8-13-23(21)32-16-17-33-24-15-14-20(18-25(24)31-2)19-27-29-26(30)28-22-11-5-4-6-12-22/h3-8,10-15,18-19H,1,9,16-17H2,2H3,(H2,28,29,30)/b27-19-. The fourth-order valence-corrected chi connectivity index (χ4v) is 3.00. The molecule has 3 aromatic carbocycles. The molecule has 7 nitrogen and oxygen atoms in total. The second kappa shape index (κ2) is 12.6. The molecule has 2 amide bonds. The number of carbonyl (C=O) groups excluding carboxylic acids is 1. The van der Waals surface area contributed by atoms with Crippen LogP contribution in [0.4, 0.5) is 10.5 Å². The Bertz CT molecular complexity index is 1080. The molecule has 0 aromatic heterocycles. The number of allylic oxidation sites excluding steroid dienone is 1. The molecule has 3 aromatic rings. The van der Waals surface area contributed by atoms with Crippen molar-refractivity contribution in [1.29, 1.82) is 0 Å². The van der Waals surface area contributed by atoms with E-state index in [0.717, 1.165) is 23.3 Å². The molecule has 0 aliphatic carbocycles. The number of benzene rings is 3. The van der Waals surface area contributed by atoms with Crippen molar-refractivity contribution in [1.82, 2.24) is 5.43 Å². The van der Waals surface area contributed by atoms with Crippen LogP contribution in [-0.4, -0.2) is 32.6 Å². The largest absolute Gasteiger partial charge is 0.493 e. The lowest BCUT2D eigenvalue weighted by molar-refractivity contribution is 0.210. The molecule has 0 bridgehead atoms. The Balaban J connectivity index is 1.49. The van der Waals surface area contributed by atoms with Gasteiger partial charge >= 0.3 is 6.03 Å². The Labute approximate surface area is 193 Å². The normalized spacial score (nSPS) is 10.5. The molecule has 0 fully saturated rings. The number of nitrogens with zero attached hydrogens (tertiary/aromatic N) is 1. The number of methoxy groups -OCH3 is 1. The lowest BCUT2D eigenvalue weighted by Crippen LogP contribution is -2.24. The average Bonchev–Trinajstić information content (AvgIpc) is 2.84. The summed E-state index contributed by atoms with van der Waals surface area (Å²) < 4.78 is 17.1. The quantitative estimate of drug-likeness (QED) is 0.188. The molecule has 0 unspecified atom stereocenters. The van der Waals surface area contributed by atoms with Crippen LogP contribution < -0.4 is 25.0 Å². The molecular weight excluding hydrogens is 418 g/mol. The third kappa shape index (κ3) is 7.43. The van der Waals surface area contributed by atoms with E-state index in [2.05, 4.69) is 22.4 Å². The Morgan fingerprint density at radius 1 is 0.939 bits per heavy atom. The number of hydrogen-bond donors (Lipinski definition) is 2. The van der Waals surface area contributed by atoms with Gasteiger partial charge in [-0.15, -0.1) is 6.58 Å². The van der Waals surface area contributed by atoms with Crippen LogP contribution in [0.3, 0.4) is 0 Å². The third-order valence-electron chi connectivity index (χ3n) is 4.53. The van der Waals surface area contributed by atoms with Gasteiger partial charge in [0, 0.05) is 5.69 Å². The maximum atomic E-state index is 11.9. The zero-order chi connectivity index (χ0) is 23.3. The average molecular weight is 446 g/mol. The number of nitrogens with one attached hydrogen (secondary N) is 2. The molecule has 3 rings (SSSR count). The number of carbonyl (C=O) groups is 1. The van der Waals surface area contributed by atoms with Crippen molar-refractivity contribution in [2.45, 2.75) is 6.42 Å². The van der Waals surface area contributed by atoms with E-state index in [0.29, 0.717) is 30.4 Å². The summed E-state index contributed by atoms with van der Waals surface area (Å²) in [6.45, 7) is 4.52. The van der Waals surface area contributed by atoms with Crippen molar-refractivity contribution in [2.24, 2.45) is 5.10 Å². The molecule has 0 spiro atoms. The summed E-state index contributed by atoms with van der Waals surface area (Å²) in [5.41, 5.74) is 4.94. The lowest BCUT2D eigenvalue weighted by Gasteiger charge is -2.13. The SMILES string of the molecule is C=CCc1ccccc1OCCOc1ccc(/C=N\NC(=O)Nc2ccccc2)cc1OC. The minimum absolute atomic E-state index is 0.355. The van der Waals surface area contributed by atoms with E-state index >= 15 is 0 Å². The number of anilines is 1. The Hall–Kier alpha value is -4.26. The predicted octanol–water partition coefficient (Wildman–Crippen LogP) is 5.04. The summed E-state index contributed by atoms with van der Waals surface area (Å²) in [6, 6.07) is 21.9. The number of hydrogen-bond acceptors (Lipinski definition) is 5. The maximum absolute atomic E-state index is 11.9. The maximum Gasteiger partial charge on any atom is 0.339 e. The predicted molar refractivity (Wildman–Crippen MR) is 131 cm³/mol. The molecule has 170 valence electrons. The van der Waals surface area contributed by atoms with E-state index in [1.165, 1.54) is 6.21 Å². The summed E-state index contributed by atoms with van der Waals surface area (Å²) in [5.74, 6) is 1.97. The van der Waals surface area contributed by atoms with Gasteiger partial charge in [0.2, 0.25) is 0 Å². The number of ether oxygens (including phenoxy) is 3. The number of amides is 2. The van der Waals surface area contributed by atoms with Gasteiger partial charge in [0.25, 0.3) is 0 Å². The van der Waals surface area contributed by atoms with Crippen LogP contribution in [0.25, 0.3) is 0 Å². The summed E-state index contributed by atoms with van der Waals surface area (Å²) in [6.07, 6.45) is 4.12. The number of urea groups is 1. The van der Waals surface area contributed by atoms with Gasteiger partial charge in [-0.3, -0.25) is 0 Å². The van der Waals surface area contributed by atoms with E-state index in [1.807, 2.05) is 54.6 Å². The highest BCUT2D eigenvalue weighted by Crippen LogP contribution is 2.27. The van der Waals surface area contributed by atoms with Gasteiger partial charge in [0.1, 0.15) is 19.0 Å². The van der Waals surface area contributed by atoms with Gasteiger partial charge in [-0.05, 0) is 53.9 Å². The lowest BCUT2D eigenvalue weighted by atomic mass is 10.1. The Morgan fingerprint density at radius 2 is 1.67 bits per heavy atom. The first-order valence-corrected chi connectivity index (χ1v) is 10.5. The fourth-order valence-electron chi connectivity index (χ4n) is 3.00. The monoisotopic (exact) mass is 445 g/mol. The minimum atomic E-state index is -0.431. The van der Waals surface area contributed by atoms with Crippen LogP contribution in [0.15, 0.2) is 90.6 Å².